The summed E-state index contributed by atoms with van der Waals surface area (Å²) in [7, 11) is 0. The monoisotopic (exact) mass is 253 g/mol. The summed E-state index contributed by atoms with van der Waals surface area (Å²) in [4.78, 5) is 0. The predicted octanol–water partition coefficient (Wildman–Crippen LogP) is 2.86. The van der Waals surface area contributed by atoms with Crippen LogP contribution in [0.3, 0.4) is 0 Å². The van der Waals surface area contributed by atoms with Gasteiger partial charge in [0.05, 0.1) is 18.8 Å². The van der Waals surface area contributed by atoms with Crippen molar-refractivity contribution in [1.29, 1.82) is 0 Å². The predicted molar refractivity (Wildman–Crippen MR) is 73.2 cm³/mol. The van der Waals surface area contributed by atoms with Crippen LogP contribution in [-0.4, -0.2) is 25.4 Å². The molecular weight excluding hydrogens is 230 g/mol. The first-order valence-corrected chi connectivity index (χ1v) is 6.30. The highest BCUT2D eigenvalue weighted by molar-refractivity contribution is 5.62. The van der Waals surface area contributed by atoms with Crippen molar-refractivity contribution in [2.75, 3.05) is 18.9 Å². The van der Waals surface area contributed by atoms with Crippen molar-refractivity contribution in [2.45, 2.75) is 39.9 Å². The number of anilines is 1. The number of hydrogen-bond donors (Lipinski definition) is 1. The van der Waals surface area contributed by atoms with Crippen LogP contribution in [0.2, 0.25) is 0 Å². The van der Waals surface area contributed by atoms with Gasteiger partial charge in [0.1, 0.15) is 23.8 Å². The number of rotatable bonds is 7. The topological polar surface area (TPSA) is 53.7 Å². The summed E-state index contributed by atoms with van der Waals surface area (Å²) in [5.41, 5.74) is 6.52. The van der Waals surface area contributed by atoms with E-state index < -0.39 is 0 Å². The SMILES string of the molecule is CC(C)OCCOc1cccc(OC(C)C)c1N. The lowest BCUT2D eigenvalue weighted by Gasteiger charge is -2.15. The zero-order valence-corrected chi connectivity index (χ0v) is 11.6. The molecule has 0 spiro atoms. The lowest BCUT2D eigenvalue weighted by Crippen LogP contribution is -2.12. The Bertz CT molecular complexity index is 364. The quantitative estimate of drug-likeness (QED) is 0.599. The number of nitrogens with two attached hydrogens (primary N) is 1. The average molecular weight is 253 g/mol. The molecule has 0 saturated heterocycles. The first-order chi connectivity index (χ1) is 8.50. The van der Waals surface area contributed by atoms with E-state index in [1.807, 2.05) is 45.9 Å². The third-order valence-electron chi connectivity index (χ3n) is 2.18. The molecule has 0 aromatic heterocycles. The van der Waals surface area contributed by atoms with Crippen molar-refractivity contribution in [3.05, 3.63) is 18.2 Å². The van der Waals surface area contributed by atoms with E-state index in [1.165, 1.54) is 0 Å². The van der Waals surface area contributed by atoms with E-state index in [0.717, 1.165) is 0 Å². The molecule has 0 radical (unpaired) electrons. The van der Waals surface area contributed by atoms with E-state index in [0.29, 0.717) is 30.4 Å². The van der Waals surface area contributed by atoms with Crippen LogP contribution in [0.4, 0.5) is 5.69 Å². The van der Waals surface area contributed by atoms with Gasteiger partial charge in [0.2, 0.25) is 0 Å². The minimum Gasteiger partial charge on any atom is -0.489 e. The van der Waals surface area contributed by atoms with Gasteiger partial charge in [0, 0.05) is 0 Å². The summed E-state index contributed by atoms with van der Waals surface area (Å²) < 4.78 is 16.6. The Balaban J connectivity index is 2.55. The number of ether oxygens (including phenoxy) is 3. The van der Waals surface area contributed by atoms with Crippen LogP contribution in [0.5, 0.6) is 11.5 Å². The standard InChI is InChI=1S/C14H23NO3/c1-10(2)16-8-9-17-12-6-5-7-13(14(12)15)18-11(3)4/h5-7,10-11H,8-9,15H2,1-4H3. The van der Waals surface area contributed by atoms with Gasteiger partial charge in [-0.3, -0.25) is 0 Å². The van der Waals surface area contributed by atoms with Gasteiger partial charge in [-0.05, 0) is 39.8 Å². The Morgan fingerprint density at radius 2 is 1.67 bits per heavy atom. The fraction of sp³-hybridized carbons (Fsp3) is 0.571. The average Bonchev–Trinajstić information content (AvgIpc) is 2.28. The lowest BCUT2D eigenvalue weighted by atomic mass is 10.2. The normalized spacial score (nSPS) is 11.0. The number of nitrogen functional groups attached to an aromatic ring is 1. The summed E-state index contributed by atoms with van der Waals surface area (Å²) in [5, 5.41) is 0. The number of hydrogen-bond acceptors (Lipinski definition) is 4. The Hall–Kier alpha value is -1.42. The van der Waals surface area contributed by atoms with Gasteiger partial charge in [-0.2, -0.15) is 0 Å². The molecular formula is C14H23NO3. The third-order valence-corrected chi connectivity index (χ3v) is 2.18. The van der Waals surface area contributed by atoms with Crippen molar-refractivity contribution in [3.63, 3.8) is 0 Å². The first-order valence-electron chi connectivity index (χ1n) is 6.30. The zero-order valence-electron chi connectivity index (χ0n) is 11.6. The number of para-hydroxylation sites is 1. The fourth-order valence-corrected chi connectivity index (χ4v) is 1.44. The van der Waals surface area contributed by atoms with E-state index in [2.05, 4.69) is 0 Å². The molecule has 102 valence electrons. The van der Waals surface area contributed by atoms with Gasteiger partial charge >= 0.3 is 0 Å². The largest absolute Gasteiger partial charge is 0.489 e. The molecule has 2 N–H and O–H groups in total. The minimum atomic E-state index is 0.0897. The Morgan fingerprint density at radius 3 is 2.28 bits per heavy atom. The molecule has 0 bridgehead atoms. The molecule has 0 atom stereocenters. The summed E-state index contributed by atoms with van der Waals surface area (Å²) in [5.74, 6) is 1.30. The van der Waals surface area contributed by atoms with E-state index in [1.54, 1.807) is 0 Å². The first kappa shape index (κ1) is 14.6. The van der Waals surface area contributed by atoms with Crippen LogP contribution in [0.15, 0.2) is 18.2 Å². The van der Waals surface area contributed by atoms with E-state index >= 15 is 0 Å². The van der Waals surface area contributed by atoms with Crippen LogP contribution in [0, 0.1) is 0 Å². The third kappa shape index (κ3) is 4.84. The second-order valence-electron chi connectivity index (χ2n) is 4.60. The second-order valence-corrected chi connectivity index (χ2v) is 4.60. The van der Waals surface area contributed by atoms with Crippen LogP contribution in [0.1, 0.15) is 27.7 Å². The lowest BCUT2D eigenvalue weighted by molar-refractivity contribution is 0.0553. The highest BCUT2D eigenvalue weighted by Crippen LogP contribution is 2.31. The number of benzene rings is 1. The van der Waals surface area contributed by atoms with E-state index in [-0.39, 0.29) is 12.2 Å². The molecule has 0 aliphatic rings. The Morgan fingerprint density at radius 1 is 1.00 bits per heavy atom. The molecule has 1 aromatic rings. The molecule has 0 unspecified atom stereocenters. The maximum atomic E-state index is 5.98. The van der Waals surface area contributed by atoms with Crippen LogP contribution >= 0.6 is 0 Å². The van der Waals surface area contributed by atoms with E-state index in [4.69, 9.17) is 19.9 Å². The smallest absolute Gasteiger partial charge is 0.146 e. The molecule has 0 amide bonds. The van der Waals surface area contributed by atoms with Gasteiger partial charge < -0.3 is 19.9 Å². The van der Waals surface area contributed by atoms with Gasteiger partial charge in [-0.15, -0.1) is 0 Å². The maximum absolute atomic E-state index is 5.98. The van der Waals surface area contributed by atoms with Crippen molar-refractivity contribution >= 4 is 5.69 Å². The molecule has 0 aliphatic heterocycles. The Kier molecular flexibility index (Phi) is 5.78. The van der Waals surface area contributed by atoms with Crippen LogP contribution in [0.25, 0.3) is 0 Å². The molecule has 18 heavy (non-hydrogen) atoms. The van der Waals surface area contributed by atoms with Crippen molar-refractivity contribution in [3.8, 4) is 11.5 Å². The molecule has 1 aromatic carbocycles. The minimum absolute atomic E-state index is 0.0897. The van der Waals surface area contributed by atoms with E-state index in [9.17, 15) is 0 Å². The highest BCUT2D eigenvalue weighted by atomic mass is 16.5. The van der Waals surface area contributed by atoms with Gasteiger partial charge in [-0.25, -0.2) is 0 Å². The van der Waals surface area contributed by atoms with Gasteiger partial charge in [0.25, 0.3) is 0 Å². The summed E-state index contributed by atoms with van der Waals surface area (Å²) >= 11 is 0. The molecule has 1 rings (SSSR count). The van der Waals surface area contributed by atoms with Crippen LogP contribution in [-0.2, 0) is 4.74 Å². The zero-order chi connectivity index (χ0) is 13.5. The summed E-state index contributed by atoms with van der Waals surface area (Å²) in [6.45, 7) is 8.93. The molecule has 0 fully saturated rings. The van der Waals surface area contributed by atoms with Crippen LogP contribution < -0.4 is 15.2 Å². The van der Waals surface area contributed by atoms with Crippen molar-refractivity contribution < 1.29 is 14.2 Å². The highest BCUT2D eigenvalue weighted by Gasteiger charge is 2.08. The molecule has 4 heteroatoms. The molecule has 0 heterocycles. The molecule has 0 aliphatic carbocycles. The summed E-state index contributed by atoms with van der Waals surface area (Å²) in [6, 6.07) is 5.54. The van der Waals surface area contributed by atoms with Gasteiger partial charge in [0.15, 0.2) is 0 Å². The Labute approximate surface area is 109 Å². The van der Waals surface area contributed by atoms with Crippen molar-refractivity contribution in [1.82, 2.24) is 0 Å². The van der Waals surface area contributed by atoms with Crippen molar-refractivity contribution in [2.24, 2.45) is 0 Å². The fourth-order valence-electron chi connectivity index (χ4n) is 1.44. The molecule has 0 saturated carbocycles. The maximum Gasteiger partial charge on any atom is 0.146 e. The summed E-state index contributed by atoms with van der Waals surface area (Å²) in [6.07, 6.45) is 0.299. The second kappa shape index (κ2) is 7.11. The van der Waals surface area contributed by atoms with Gasteiger partial charge in [-0.1, -0.05) is 6.07 Å². The molecule has 4 nitrogen and oxygen atoms in total.